The molecule has 11 heteroatoms. The van der Waals surface area contributed by atoms with Gasteiger partial charge in [0.05, 0.1) is 23.7 Å². The number of nitrogens with zero attached hydrogens (tertiary/aromatic N) is 5. The van der Waals surface area contributed by atoms with Gasteiger partial charge in [0, 0.05) is 42.4 Å². The highest BCUT2D eigenvalue weighted by Gasteiger charge is 2.30. The number of aliphatic hydroxyl groups excluding tert-OH is 1. The first-order valence-electron chi connectivity index (χ1n) is 11.9. The standard InChI is InChI=1S/C27H26ClF2N5O3/c1-4-21(22-5-6-31-26(34-22)17-8-19(36)9-17)32-11-15(2)13-35-16(3)7-24(25(28)27(35)37)38-14-23-20(30)10-18(29)12-33-23/h4-7,10-13,17,19,36H,8-9,14H2,1-3H3/b15-13+,21-4-,32-11-. The molecule has 0 aromatic carbocycles. The van der Waals surface area contributed by atoms with Gasteiger partial charge in [0.15, 0.2) is 5.82 Å². The Labute approximate surface area is 223 Å². The molecule has 1 aliphatic rings. The van der Waals surface area contributed by atoms with Crippen molar-refractivity contribution < 1.29 is 18.6 Å². The molecule has 0 saturated heterocycles. The van der Waals surface area contributed by atoms with Crippen molar-refractivity contribution in [2.75, 3.05) is 0 Å². The summed E-state index contributed by atoms with van der Waals surface area (Å²) in [5.74, 6) is -0.765. The Bertz CT molecular complexity index is 1500. The van der Waals surface area contributed by atoms with Crippen LogP contribution in [0.25, 0.3) is 11.9 Å². The van der Waals surface area contributed by atoms with Crippen molar-refractivity contribution in [3.05, 3.63) is 92.2 Å². The zero-order chi connectivity index (χ0) is 27.4. The average Bonchev–Trinajstić information content (AvgIpc) is 2.87. The number of hydrogen-bond donors (Lipinski definition) is 1. The van der Waals surface area contributed by atoms with Crippen LogP contribution < -0.4 is 10.3 Å². The van der Waals surface area contributed by atoms with Gasteiger partial charge in [-0.05, 0) is 45.3 Å². The van der Waals surface area contributed by atoms with E-state index in [1.54, 1.807) is 44.6 Å². The molecular formula is C27H26ClF2N5O3. The third-order valence-electron chi connectivity index (χ3n) is 6.02. The largest absolute Gasteiger partial charge is 0.485 e. The molecule has 0 unspecified atom stereocenters. The molecule has 0 aliphatic heterocycles. The molecule has 0 radical (unpaired) electrons. The number of ether oxygens (including phenoxy) is 1. The predicted octanol–water partition coefficient (Wildman–Crippen LogP) is 5.08. The minimum absolute atomic E-state index is 0.0606. The van der Waals surface area contributed by atoms with Crippen molar-refractivity contribution in [1.82, 2.24) is 19.5 Å². The van der Waals surface area contributed by atoms with Crippen LogP contribution in [-0.4, -0.2) is 36.9 Å². The molecule has 8 nitrogen and oxygen atoms in total. The highest BCUT2D eigenvalue weighted by atomic mass is 35.5. The number of hydrogen-bond acceptors (Lipinski definition) is 7. The van der Waals surface area contributed by atoms with Crippen molar-refractivity contribution in [3.8, 4) is 5.75 Å². The van der Waals surface area contributed by atoms with Gasteiger partial charge in [-0.3, -0.25) is 19.3 Å². The summed E-state index contributed by atoms with van der Waals surface area (Å²) in [6.07, 6.45) is 8.59. The van der Waals surface area contributed by atoms with Crippen LogP contribution in [0.3, 0.4) is 0 Å². The van der Waals surface area contributed by atoms with E-state index in [0.29, 0.717) is 47.4 Å². The van der Waals surface area contributed by atoms with Crippen LogP contribution in [0.4, 0.5) is 8.78 Å². The van der Waals surface area contributed by atoms with Crippen LogP contribution in [0.5, 0.6) is 5.75 Å². The smallest absolute Gasteiger partial charge is 0.277 e. The average molecular weight is 542 g/mol. The Morgan fingerprint density at radius 2 is 2.08 bits per heavy atom. The van der Waals surface area contributed by atoms with Gasteiger partial charge in [-0.25, -0.2) is 18.7 Å². The lowest BCUT2D eigenvalue weighted by Gasteiger charge is -2.29. The fraction of sp³-hybridized carbons (Fsp3) is 0.296. The van der Waals surface area contributed by atoms with Crippen LogP contribution in [0.1, 0.15) is 55.5 Å². The quantitative estimate of drug-likeness (QED) is 0.399. The van der Waals surface area contributed by atoms with Crippen molar-refractivity contribution in [2.24, 2.45) is 4.99 Å². The summed E-state index contributed by atoms with van der Waals surface area (Å²) in [5, 5.41) is 9.38. The van der Waals surface area contributed by atoms with Gasteiger partial charge in [-0.15, -0.1) is 0 Å². The second kappa shape index (κ2) is 11.7. The van der Waals surface area contributed by atoms with Crippen molar-refractivity contribution >= 4 is 29.7 Å². The van der Waals surface area contributed by atoms with Crippen LogP contribution in [-0.2, 0) is 6.61 Å². The van der Waals surface area contributed by atoms with Crippen LogP contribution in [0.2, 0.25) is 5.02 Å². The van der Waals surface area contributed by atoms with Crippen LogP contribution >= 0.6 is 11.6 Å². The SMILES string of the molecule is C\C=C(/N=C\C(C)=C\n1c(C)cc(OCc2ncc(F)cc2F)c(Cl)c1=O)c1ccnc(C2CC(O)C2)n1. The molecule has 3 aromatic rings. The highest BCUT2D eigenvalue weighted by molar-refractivity contribution is 6.31. The molecule has 38 heavy (non-hydrogen) atoms. The highest BCUT2D eigenvalue weighted by Crippen LogP contribution is 2.35. The lowest BCUT2D eigenvalue weighted by atomic mass is 9.82. The van der Waals surface area contributed by atoms with E-state index in [1.807, 2.05) is 13.0 Å². The monoisotopic (exact) mass is 541 g/mol. The number of rotatable bonds is 8. The molecule has 3 aromatic heterocycles. The second-order valence-electron chi connectivity index (χ2n) is 8.94. The predicted molar refractivity (Wildman–Crippen MR) is 141 cm³/mol. The first-order chi connectivity index (χ1) is 18.2. The van der Waals surface area contributed by atoms with E-state index in [9.17, 15) is 18.7 Å². The number of aliphatic hydroxyl groups is 1. The Hall–Kier alpha value is -3.76. The Balaban J connectivity index is 1.50. The van der Waals surface area contributed by atoms with Crippen LogP contribution in [0.15, 0.2) is 52.0 Å². The van der Waals surface area contributed by atoms with E-state index in [4.69, 9.17) is 16.3 Å². The first-order valence-corrected chi connectivity index (χ1v) is 12.3. The minimum atomic E-state index is -0.857. The summed E-state index contributed by atoms with van der Waals surface area (Å²) in [6, 6.07) is 4.02. The van der Waals surface area contributed by atoms with E-state index in [-0.39, 0.29) is 35.1 Å². The summed E-state index contributed by atoms with van der Waals surface area (Å²) in [5.41, 5.74) is 1.83. The molecule has 0 spiro atoms. The Kier molecular flexibility index (Phi) is 8.43. The van der Waals surface area contributed by atoms with Gasteiger partial charge in [-0.1, -0.05) is 17.7 Å². The fourth-order valence-corrected chi connectivity index (χ4v) is 4.06. The van der Waals surface area contributed by atoms with Gasteiger partial charge < -0.3 is 9.84 Å². The number of aliphatic imine (C=N–C) groups is 1. The van der Waals surface area contributed by atoms with Gasteiger partial charge in [-0.2, -0.15) is 0 Å². The molecule has 0 bridgehead atoms. The zero-order valence-electron chi connectivity index (χ0n) is 21.0. The molecule has 3 heterocycles. The van der Waals surface area contributed by atoms with E-state index in [1.165, 1.54) is 4.57 Å². The first kappa shape index (κ1) is 27.3. The summed E-state index contributed by atoms with van der Waals surface area (Å²) < 4.78 is 33.8. The molecule has 1 fully saturated rings. The lowest BCUT2D eigenvalue weighted by Crippen LogP contribution is -2.28. The van der Waals surface area contributed by atoms with Gasteiger partial charge in [0.1, 0.15) is 34.7 Å². The number of aryl methyl sites for hydroxylation is 1. The summed E-state index contributed by atoms with van der Waals surface area (Å²) in [7, 11) is 0. The number of allylic oxidation sites excluding steroid dienone is 2. The van der Waals surface area contributed by atoms with Gasteiger partial charge >= 0.3 is 0 Å². The third-order valence-corrected chi connectivity index (χ3v) is 6.37. The van der Waals surface area contributed by atoms with E-state index < -0.39 is 17.2 Å². The maximum Gasteiger partial charge on any atom is 0.277 e. The molecule has 0 amide bonds. The van der Waals surface area contributed by atoms with Gasteiger partial charge in [0.25, 0.3) is 5.56 Å². The molecule has 4 rings (SSSR count). The topological polar surface area (TPSA) is 102 Å². The van der Waals surface area contributed by atoms with Crippen molar-refractivity contribution in [1.29, 1.82) is 0 Å². The van der Waals surface area contributed by atoms with Crippen LogP contribution in [0, 0.1) is 18.6 Å². The molecule has 1 aliphatic carbocycles. The summed E-state index contributed by atoms with van der Waals surface area (Å²) in [4.78, 5) is 30.0. The van der Waals surface area contributed by atoms with E-state index >= 15 is 0 Å². The van der Waals surface area contributed by atoms with E-state index in [2.05, 4.69) is 19.9 Å². The minimum Gasteiger partial charge on any atom is -0.485 e. The fourth-order valence-electron chi connectivity index (χ4n) is 3.86. The molecule has 1 saturated carbocycles. The Morgan fingerprint density at radius 3 is 2.76 bits per heavy atom. The number of aromatic nitrogens is 4. The van der Waals surface area contributed by atoms with Gasteiger partial charge in [0.2, 0.25) is 0 Å². The zero-order valence-corrected chi connectivity index (χ0v) is 21.8. The summed E-state index contributed by atoms with van der Waals surface area (Å²) >= 11 is 6.25. The lowest BCUT2D eigenvalue weighted by molar-refractivity contribution is 0.0716. The Morgan fingerprint density at radius 1 is 1.32 bits per heavy atom. The number of halogens is 3. The third kappa shape index (κ3) is 6.20. The number of pyridine rings is 2. The molecular weight excluding hydrogens is 516 g/mol. The maximum atomic E-state index is 13.8. The molecule has 1 N–H and O–H groups in total. The second-order valence-corrected chi connectivity index (χ2v) is 9.32. The molecule has 198 valence electrons. The summed E-state index contributed by atoms with van der Waals surface area (Å²) in [6.45, 7) is 5.00. The maximum absolute atomic E-state index is 13.8. The normalized spacial score (nSPS) is 18.1. The van der Waals surface area contributed by atoms with Crippen molar-refractivity contribution in [3.63, 3.8) is 0 Å². The van der Waals surface area contributed by atoms with E-state index in [0.717, 1.165) is 6.20 Å². The molecule has 0 atom stereocenters. The van der Waals surface area contributed by atoms with Crippen molar-refractivity contribution in [2.45, 2.75) is 52.2 Å².